The van der Waals surface area contributed by atoms with Gasteiger partial charge in [-0.25, -0.2) is 4.98 Å². The molecule has 0 aliphatic rings. The lowest BCUT2D eigenvalue weighted by Crippen LogP contribution is -2.28. The van der Waals surface area contributed by atoms with Gasteiger partial charge >= 0.3 is 15.6 Å². The molecule has 0 amide bonds. The lowest BCUT2D eigenvalue weighted by Gasteiger charge is -2.11. The molecule has 0 aliphatic carbocycles. The molecule has 4 rings (SSSR count). The lowest BCUT2D eigenvalue weighted by atomic mass is 10.0. The predicted molar refractivity (Wildman–Crippen MR) is 94.6 cm³/mol. The summed E-state index contributed by atoms with van der Waals surface area (Å²) in [5, 5.41) is 1.67. The summed E-state index contributed by atoms with van der Waals surface area (Å²) in [7, 11) is -5.73. The molecule has 0 fully saturated rings. The number of rotatable bonds is 3. The van der Waals surface area contributed by atoms with E-state index in [4.69, 9.17) is 0 Å². The van der Waals surface area contributed by atoms with Crippen molar-refractivity contribution in [1.82, 2.24) is 9.97 Å². The maximum absolute atomic E-state index is 12.6. The van der Waals surface area contributed by atoms with Crippen molar-refractivity contribution in [3.8, 4) is 16.9 Å². The molecular weight excluding hydrogens is 381 g/mol. The zero-order chi connectivity index (χ0) is 19.2. The van der Waals surface area contributed by atoms with Crippen LogP contribution in [0.1, 0.15) is 0 Å². The summed E-state index contributed by atoms with van der Waals surface area (Å²) in [5.41, 5.74) is -2.83. The van der Waals surface area contributed by atoms with Crippen LogP contribution in [-0.2, 0) is 10.1 Å². The van der Waals surface area contributed by atoms with Gasteiger partial charge in [0.1, 0.15) is 11.4 Å². The van der Waals surface area contributed by atoms with Crippen LogP contribution < -0.4 is 4.18 Å². The summed E-state index contributed by atoms with van der Waals surface area (Å²) in [5.74, 6) is -0.422. The summed E-state index contributed by atoms with van der Waals surface area (Å²) in [4.78, 5) is 7.46. The normalized spacial score (nSPS) is 12.6. The monoisotopic (exact) mass is 392 g/mol. The zero-order valence-electron chi connectivity index (χ0n) is 13.5. The number of nitrogens with zero attached hydrogens (tertiary/aromatic N) is 1. The Balaban J connectivity index is 1.86. The number of hydrogen-bond donors (Lipinski definition) is 1. The van der Waals surface area contributed by atoms with E-state index < -0.39 is 21.4 Å². The quantitative estimate of drug-likeness (QED) is 0.408. The first-order chi connectivity index (χ1) is 12.8. The summed E-state index contributed by atoms with van der Waals surface area (Å²) >= 11 is 0. The van der Waals surface area contributed by atoms with E-state index in [2.05, 4.69) is 14.2 Å². The van der Waals surface area contributed by atoms with Crippen molar-refractivity contribution in [3.05, 3.63) is 60.8 Å². The van der Waals surface area contributed by atoms with Crippen molar-refractivity contribution in [3.63, 3.8) is 0 Å². The van der Waals surface area contributed by atoms with Crippen molar-refractivity contribution >= 4 is 32.1 Å². The Morgan fingerprint density at radius 2 is 1.78 bits per heavy atom. The van der Waals surface area contributed by atoms with E-state index in [1.165, 1.54) is 12.1 Å². The van der Waals surface area contributed by atoms with E-state index in [0.29, 0.717) is 16.8 Å². The van der Waals surface area contributed by atoms with Crippen molar-refractivity contribution in [2.75, 3.05) is 0 Å². The molecule has 2 heterocycles. The summed E-state index contributed by atoms with van der Waals surface area (Å²) in [6.45, 7) is 0. The Labute approximate surface area is 151 Å². The fraction of sp³-hybridized carbons (Fsp3) is 0.0556. The van der Waals surface area contributed by atoms with Gasteiger partial charge in [0.15, 0.2) is 0 Å². The molecule has 2 aromatic carbocycles. The molecule has 4 aromatic rings. The number of halogens is 3. The Morgan fingerprint density at radius 1 is 1.00 bits per heavy atom. The molecule has 5 nitrogen and oxygen atoms in total. The first kappa shape index (κ1) is 17.3. The first-order valence-electron chi connectivity index (χ1n) is 7.73. The molecule has 0 saturated heterocycles. The molecule has 0 saturated carbocycles. The number of aromatic nitrogens is 2. The van der Waals surface area contributed by atoms with Gasteiger partial charge in [0.2, 0.25) is 0 Å². The van der Waals surface area contributed by atoms with Crippen LogP contribution in [0.4, 0.5) is 13.2 Å². The van der Waals surface area contributed by atoms with Gasteiger partial charge in [0.05, 0.1) is 0 Å². The Hall–Kier alpha value is -3.07. The Bertz CT molecular complexity index is 1260. The molecule has 2 aromatic heterocycles. The van der Waals surface area contributed by atoms with Gasteiger partial charge < -0.3 is 9.17 Å². The minimum Gasteiger partial charge on any atom is -0.376 e. The molecule has 0 radical (unpaired) electrons. The van der Waals surface area contributed by atoms with Crippen LogP contribution in [0.25, 0.3) is 33.1 Å². The van der Waals surface area contributed by atoms with Crippen LogP contribution >= 0.6 is 0 Å². The zero-order valence-corrected chi connectivity index (χ0v) is 14.3. The van der Waals surface area contributed by atoms with Gasteiger partial charge in [-0.05, 0) is 35.4 Å². The minimum absolute atomic E-state index is 0.422. The van der Waals surface area contributed by atoms with Gasteiger partial charge in [-0.2, -0.15) is 21.6 Å². The average molecular weight is 392 g/mol. The molecular formula is C18H11F3N2O3S. The molecule has 138 valence electrons. The third kappa shape index (κ3) is 2.99. The van der Waals surface area contributed by atoms with Crippen LogP contribution in [0.2, 0.25) is 0 Å². The minimum atomic E-state index is -5.73. The summed E-state index contributed by atoms with van der Waals surface area (Å²) in [6.07, 6.45) is 1.56. The molecule has 1 N–H and O–H groups in total. The van der Waals surface area contributed by atoms with E-state index in [1.54, 1.807) is 18.3 Å². The fourth-order valence-corrected chi connectivity index (χ4v) is 3.35. The van der Waals surface area contributed by atoms with E-state index in [0.717, 1.165) is 22.4 Å². The van der Waals surface area contributed by atoms with Crippen LogP contribution in [0, 0.1) is 0 Å². The van der Waals surface area contributed by atoms with E-state index in [9.17, 15) is 21.6 Å². The molecule has 0 atom stereocenters. The molecule has 0 unspecified atom stereocenters. The second-order valence-electron chi connectivity index (χ2n) is 5.76. The molecule has 9 heteroatoms. The highest BCUT2D eigenvalue weighted by molar-refractivity contribution is 7.88. The smallest absolute Gasteiger partial charge is 0.376 e. The van der Waals surface area contributed by atoms with Crippen LogP contribution in [-0.4, -0.2) is 23.9 Å². The van der Waals surface area contributed by atoms with Gasteiger partial charge in [0.25, 0.3) is 0 Å². The van der Waals surface area contributed by atoms with Crippen LogP contribution in [0.3, 0.4) is 0 Å². The number of hydrogen-bond acceptors (Lipinski definition) is 4. The summed E-state index contributed by atoms with van der Waals surface area (Å²) in [6, 6.07) is 14.7. The number of H-pyrrole nitrogens is 1. The average Bonchev–Trinajstić information content (AvgIpc) is 2.99. The van der Waals surface area contributed by atoms with Crippen molar-refractivity contribution in [2.45, 2.75) is 5.51 Å². The number of benzene rings is 2. The lowest BCUT2D eigenvalue weighted by molar-refractivity contribution is -0.0500. The van der Waals surface area contributed by atoms with Gasteiger partial charge in [0, 0.05) is 22.5 Å². The third-order valence-electron chi connectivity index (χ3n) is 4.03. The molecule has 27 heavy (non-hydrogen) atoms. The summed E-state index contributed by atoms with van der Waals surface area (Å²) < 4.78 is 64.4. The van der Waals surface area contributed by atoms with Gasteiger partial charge in [-0.1, -0.05) is 30.3 Å². The van der Waals surface area contributed by atoms with Crippen LogP contribution in [0.15, 0.2) is 60.8 Å². The highest BCUT2D eigenvalue weighted by Gasteiger charge is 2.48. The maximum Gasteiger partial charge on any atom is 0.534 e. The number of pyridine rings is 1. The predicted octanol–water partition coefficient (Wildman–Crippen LogP) is 4.61. The van der Waals surface area contributed by atoms with E-state index >= 15 is 0 Å². The standard InChI is InChI=1S/C18H11F3N2O3S/c19-18(20,21)27(24,25)26-12-5-3-4-11(10-12)13-8-9-22-17-16(13)14-6-1-2-7-15(14)23-17/h1-10H,(H,22,23). The van der Waals surface area contributed by atoms with E-state index in [-0.39, 0.29) is 0 Å². The molecule has 0 aliphatic heterocycles. The number of para-hydroxylation sites is 1. The van der Waals surface area contributed by atoms with Crippen LogP contribution in [0.5, 0.6) is 5.75 Å². The van der Waals surface area contributed by atoms with Crippen molar-refractivity contribution in [1.29, 1.82) is 0 Å². The highest BCUT2D eigenvalue weighted by atomic mass is 32.2. The van der Waals surface area contributed by atoms with Crippen molar-refractivity contribution < 1.29 is 25.8 Å². The highest BCUT2D eigenvalue weighted by Crippen LogP contribution is 2.35. The SMILES string of the molecule is O=S(=O)(Oc1cccc(-c2ccnc3[nH]c4ccccc4c23)c1)C(F)(F)F. The Morgan fingerprint density at radius 3 is 2.56 bits per heavy atom. The number of aromatic amines is 1. The molecule has 0 bridgehead atoms. The fourth-order valence-electron chi connectivity index (χ4n) is 2.90. The van der Waals surface area contributed by atoms with E-state index in [1.807, 2.05) is 24.3 Å². The van der Waals surface area contributed by atoms with Gasteiger partial charge in [-0.3, -0.25) is 0 Å². The number of fused-ring (bicyclic) bond motifs is 3. The second-order valence-corrected chi connectivity index (χ2v) is 7.30. The Kier molecular flexibility index (Phi) is 3.84. The van der Waals surface area contributed by atoms with Crippen molar-refractivity contribution in [2.24, 2.45) is 0 Å². The maximum atomic E-state index is 12.6. The largest absolute Gasteiger partial charge is 0.534 e. The van der Waals surface area contributed by atoms with Gasteiger partial charge in [-0.15, -0.1) is 0 Å². The second kappa shape index (κ2) is 5.98. The molecule has 0 spiro atoms. The number of alkyl halides is 3. The number of nitrogens with one attached hydrogen (secondary N) is 1. The topological polar surface area (TPSA) is 72.1 Å². The first-order valence-corrected chi connectivity index (χ1v) is 9.14. The third-order valence-corrected chi connectivity index (χ3v) is 5.01.